The highest BCUT2D eigenvalue weighted by Gasteiger charge is 2.23. The van der Waals surface area contributed by atoms with Gasteiger partial charge in [-0.15, -0.1) is 0 Å². The summed E-state index contributed by atoms with van der Waals surface area (Å²) < 4.78 is 12.7. The van der Waals surface area contributed by atoms with Crippen molar-refractivity contribution < 1.29 is 9.18 Å². The highest BCUT2D eigenvalue weighted by molar-refractivity contribution is 5.94. The first-order valence-corrected chi connectivity index (χ1v) is 6.59. The molecule has 1 aliphatic heterocycles. The lowest BCUT2D eigenvalue weighted by atomic mass is 10.1. The lowest BCUT2D eigenvalue weighted by molar-refractivity contribution is 0.0955. The van der Waals surface area contributed by atoms with Crippen molar-refractivity contribution in [3.8, 4) is 0 Å². The minimum atomic E-state index is -0.405. The van der Waals surface area contributed by atoms with E-state index in [1.807, 2.05) is 0 Å². The van der Waals surface area contributed by atoms with Gasteiger partial charge in [-0.2, -0.15) is 0 Å². The standard InChI is InChI=1S/C14H19FN2O/c1-2-12-4-3-8-17(12)9-7-14(18)13-6-5-11(15)10-16-13/h5-6,10,12H,2-4,7-9H2,1H3. The first kappa shape index (κ1) is 13.1. The summed E-state index contributed by atoms with van der Waals surface area (Å²) in [6, 6.07) is 3.36. The largest absolute Gasteiger partial charge is 0.300 e. The molecule has 1 saturated heterocycles. The molecule has 98 valence electrons. The van der Waals surface area contributed by atoms with Crippen molar-refractivity contribution in [1.29, 1.82) is 0 Å². The van der Waals surface area contributed by atoms with Crippen LogP contribution in [0.4, 0.5) is 4.39 Å². The molecule has 0 bridgehead atoms. The Kier molecular flexibility index (Phi) is 4.42. The van der Waals surface area contributed by atoms with Crippen LogP contribution in [0.2, 0.25) is 0 Å². The summed E-state index contributed by atoms with van der Waals surface area (Å²) in [6.45, 7) is 4.06. The molecule has 0 radical (unpaired) electrons. The molecule has 1 atom stereocenters. The van der Waals surface area contributed by atoms with E-state index in [0.717, 1.165) is 25.7 Å². The first-order valence-electron chi connectivity index (χ1n) is 6.59. The summed E-state index contributed by atoms with van der Waals surface area (Å²) in [7, 11) is 0. The molecule has 0 saturated carbocycles. The minimum Gasteiger partial charge on any atom is -0.300 e. The zero-order valence-corrected chi connectivity index (χ0v) is 10.7. The van der Waals surface area contributed by atoms with E-state index in [-0.39, 0.29) is 5.78 Å². The number of pyridine rings is 1. The molecule has 1 aromatic heterocycles. The Balaban J connectivity index is 1.86. The molecule has 2 heterocycles. The second kappa shape index (κ2) is 6.05. The second-order valence-electron chi connectivity index (χ2n) is 4.78. The van der Waals surface area contributed by atoms with Crippen LogP contribution in [0.15, 0.2) is 18.3 Å². The van der Waals surface area contributed by atoms with Crippen LogP contribution in [0, 0.1) is 5.82 Å². The van der Waals surface area contributed by atoms with Gasteiger partial charge in [-0.3, -0.25) is 14.7 Å². The van der Waals surface area contributed by atoms with Gasteiger partial charge in [0.1, 0.15) is 11.5 Å². The fraction of sp³-hybridized carbons (Fsp3) is 0.571. The third-order valence-electron chi connectivity index (χ3n) is 3.61. The molecule has 1 aliphatic rings. The second-order valence-corrected chi connectivity index (χ2v) is 4.78. The van der Waals surface area contributed by atoms with Gasteiger partial charge in [-0.05, 0) is 37.9 Å². The molecule has 0 aromatic carbocycles. The number of rotatable bonds is 5. The van der Waals surface area contributed by atoms with Crippen molar-refractivity contribution in [2.45, 2.75) is 38.6 Å². The van der Waals surface area contributed by atoms with Crippen LogP contribution in [0.3, 0.4) is 0 Å². The Morgan fingerprint density at radius 3 is 3.06 bits per heavy atom. The van der Waals surface area contributed by atoms with Crippen molar-refractivity contribution in [1.82, 2.24) is 9.88 Å². The normalized spacial score (nSPS) is 20.2. The lowest BCUT2D eigenvalue weighted by Gasteiger charge is -2.22. The van der Waals surface area contributed by atoms with E-state index in [2.05, 4.69) is 16.8 Å². The molecule has 4 heteroatoms. The molecule has 2 rings (SSSR count). The van der Waals surface area contributed by atoms with Crippen LogP contribution in [-0.4, -0.2) is 34.8 Å². The highest BCUT2D eigenvalue weighted by atomic mass is 19.1. The molecule has 1 fully saturated rings. The molecule has 1 aromatic rings. The van der Waals surface area contributed by atoms with Gasteiger partial charge in [0.25, 0.3) is 0 Å². The summed E-state index contributed by atoms with van der Waals surface area (Å²) in [5, 5.41) is 0. The molecular weight excluding hydrogens is 231 g/mol. The van der Waals surface area contributed by atoms with Crippen molar-refractivity contribution >= 4 is 5.78 Å². The zero-order chi connectivity index (χ0) is 13.0. The fourth-order valence-electron chi connectivity index (χ4n) is 2.57. The maximum Gasteiger partial charge on any atom is 0.182 e. The van der Waals surface area contributed by atoms with Crippen molar-refractivity contribution in [2.75, 3.05) is 13.1 Å². The summed E-state index contributed by atoms with van der Waals surface area (Å²) in [6.07, 6.45) is 5.16. The molecule has 0 aliphatic carbocycles. The Hall–Kier alpha value is -1.29. The van der Waals surface area contributed by atoms with Crippen LogP contribution in [0.5, 0.6) is 0 Å². The van der Waals surface area contributed by atoms with Gasteiger partial charge in [-0.25, -0.2) is 4.39 Å². The zero-order valence-electron chi connectivity index (χ0n) is 10.7. The van der Waals surface area contributed by atoms with Gasteiger partial charge in [0, 0.05) is 19.0 Å². The number of Topliss-reactive ketones (excluding diaryl/α,β-unsaturated/α-hetero) is 1. The van der Waals surface area contributed by atoms with Crippen LogP contribution in [0.25, 0.3) is 0 Å². The lowest BCUT2D eigenvalue weighted by Crippen LogP contribution is -2.31. The number of nitrogens with zero attached hydrogens (tertiary/aromatic N) is 2. The van der Waals surface area contributed by atoms with E-state index < -0.39 is 5.82 Å². The van der Waals surface area contributed by atoms with E-state index in [0.29, 0.717) is 18.2 Å². The smallest absolute Gasteiger partial charge is 0.182 e. The summed E-state index contributed by atoms with van der Waals surface area (Å²) in [5.41, 5.74) is 0.364. The number of aromatic nitrogens is 1. The quantitative estimate of drug-likeness (QED) is 0.753. The third-order valence-corrected chi connectivity index (χ3v) is 3.61. The molecule has 18 heavy (non-hydrogen) atoms. The monoisotopic (exact) mass is 250 g/mol. The number of halogens is 1. The number of ketones is 1. The average molecular weight is 250 g/mol. The number of carbonyl (C=O) groups excluding carboxylic acids is 1. The number of hydrogen-bond acceptors (Lipinski definition) is 3. The maximum absolute atomic E-state index is 12.7. The molecular formula is C14H19FN2O. The van der Waals surface area contributed by atoms with Crippen molar-refractivity contribution in [3.05, 3.63) is 29.8 Å². The van der Waals surface area contributed by atoms with E-state index in [1.54, 1.807) is 0 Å². The predicted octanol–water partition coefficient (Wildman–Crippen LogP) is 2.67. The molecule has 1 unspecified atom stereocenters. The van der Waals surface area contributed by atoms with Gasteiger partial charge in [0.15, 0.2) is 5.78 Å². The summed E-state index contributed by atoms with van der Waals surface area (Å²) in [5.74, 6) is -0.408. The van der Waals surface area contributed by atoms with E-state index in [4.69, 9.17) is 0 Å². The van der Waals surface area contributed by atoms with Gasteiger partial charge in [-0.1, -0.05) is 6.92 Å². The molecule has 0 spiro atoms. The van der Waals surface area contributed by atoms with E-state index in [9.17, 15) is 9.18 Å². The Morgan fingerprint density at radius 1 is 1.56 bits per heavy atom. The Morgan fingerprint density at radius 2 is 2.39 bits per heavy atom. The molecule has 3 nitrogen and oxygen atoms in total. The fourth-order valence-corrected chi connectivity index (χ4v) is 2.57. The SMILES string of the molecule is CCC1CCCN1CCC(=O)c1ccc(F)cn1. The van der Waals surface area contributed by atoms with Crippen LogP contribution in [0.1, 0.15) is 43.1 Å². The summed E-state index contributed by atoms with van der Waals surface area (Å²) in [4.78, 5) is 18.1. The third kappa shape index (κ3) is 3.13. The van der Waals surface area contributed by atoms with E-state index >= 15 is 0 Å². The predicted molar refractivity (Wildman–Crippen MR) is 68.0 cm³/mol. The Bertz CT molecular complexity index is 405. The highest BCUT2D eigenvalue weighted by Crippen LogP contribution is 2.20. The Labute approximate surface area is 107 Å². The van der Waals surface area contributed by atoms with Gasteiger partial charge >= 0.3 is 0 Å². The number of hydrogen-bond donors (Lipinski definition) is 0. The van der Waals surface area contributed by atoms with Crippen molar-refractivity contribution in [2.24, 2.45) is 0 Å². The number of likely N-dealkylation sites (tertiary alicyclic amines) is 1. The minimum absolute atomic E-state index is 0.00301. The molecule has 0 N–H and O–H groups in total. The van der Waals surface area contributed by atoms with Crippen LogP contribution in [-0.2, 0) is 0 Å². The van der Waals surface area contributed by atoms with Crippen molar-refractivity contribution in [3.63, 3.8) is 0 Å². The maximum atomic E-state index is 12.7. The van der Waals surface area contributed by atoms with E-state index in [1.165, 1.54) is 25.0 Å². The van der Waals surface area contributed by atoms with Gasteiger partial charge in [0.05, 0.1) is 6.20 Å². The van der Waals surface area contributed by atoms with Crippen LogP contribution >= 0.6 is 0 Å². The topological polar surface area (TPSA) is 33.2 Å². The van der Waals surface area contributed by atoms with Gasteiger partial charge < -0.3 is 0 Å². The summed E-state index contributed by atoms with van der Waals surface area (Å²) >= 11 is 0. The number of carbonyl (C=O) groups is 1. The first-order chi connectivity index (χ1) is 8.70. The molecule has 0 amide bonds. The van der Waals surface area contributed by atoms with Gasteiger partial charge in [0.2, 0.25) is 0 Å². The average Bonchev–Trinajstić information content (AvgIpc) is 2.84. The van der Waals surface area contributed by atoms with Crippen LogP contribution < -0.4 is 0 Å².